The van der Waals surface area contributed by atoms with Gasteiger partial charge in [-0.2, -0.15) is 0 Å². The molecule has 1 N–H and O–H groups in total. The molecule has 0 radical (unpaired) electrons. The van der Waals surface area contributed by atoms with Crippen molar-refractivity contribution in [2.45, 2.75) is 6.54 Å². The maximum absolute atomic E-state index is 11.9. The van der Waals surface area contributed by atoms with Gasteiger partial charge in [0.15, 0.2) is 5.76 Å². The Morgan fingerprint density at radius 3 is 2.71 bits per heavy atom. The van der Waals surface area contributed by atoms with Crippen molar-refractivity contribution in [3.8, 4) is 5.75 Å². The van der Waals surface area contributed by atoms with Gasteiger partial charge in [-0.3, -0.25) is 4.79 Å². The zero-order chi connectivity index (χ0) is 12.3. The summed E-state index contributed by atoms with van der Waals surface area (Å²) < 4.78 is 5.03. The fraction of sp³-hybridized carbons (Fsp3) is 0.154. The van der Waals surface area contributed by atoms with Crippen LogP contribution in [0.3, 0.4) is 0 Å². The fourth-order valence-corrected chi connectivity index (χ4v) is 1.56. The Labute approximate surface area is 99.1 Å². The smallest absolute Gasteiger partial charge is 0.289 e. The zero-order valence-electron chi connectivity index (χ0n) is 9.46. The molecule has 0 spiro atoms. The number of furan rings is 1. The molecule has 1 amide bonds. The average molecular weight is 231 g/mol. The molecule has 0 aliphatic rings. The predicted octanol–water partition coefficient (Wildman–Crippen LogP) is 2.26. The van der Waals surface area contributed by atoms with Gasteiger partial charge in [0.25, 0.3) is 5.91 Å². The van der Waals surface area contributed by atoms with Crippen molar-refractivity contribution >= 4 is 5.91 Å². The maximum Gasteiger partial charge on any atom is 0.289 e. The third-order valence-corrected chi connectivity index (χ3v) is 2.48. The molecule has 0 atom stereocenters. The molecule has 88 valence electrons. The number of benzene rings is 1. The van der Waals surface area contributed by atoms with E-state index in [1.54, 1.807) is 37.4 Å². The van der Waals surface area contributed by atoms with Gasteiger partial charge in [-0.15, -0.1) is 0 Å². The molecule has 2 rings (SSSR count). The summed E-state index contributed by atoms with van der Waals surface area (Å²) in [5.41, 5.74) is 0.704. The third kappa shape index (κ3) is 2.47. The van der Waals surface area contributed by atoms with Crippen LogP contribution in [-0.4, -0.2) is 23.0 Å². The van der Waals surface area contributed by atoms with Crippen LogP contribution >= 0.6 is 0 Å². The SMILES string of the molecule is CN(Cc1ccccc1O)C(=O)c1ccco1. The van der Waals surface area contributed by atoms with Gasteiger partial charge in [0.2, 0.25) is 0 Å². The molecule has 0 aliphatic heterocycles. The van der Waals surface area contributed by atoms with Gasteiger partial charge < -0.3 is 14.4 Å². The Bertz CT molecular complexity index is 505. The summed E-state index contributed by atoms with van der Waals surface area (Å²) in [6, 6.07) is 10.2. The van der Waals surface area contributed by atoms with Crippen molar-refractivity contribution in [3.63, 3.8) is 0 Å². The Balaban J connectivity index is 2.10. The first kappa shape index (κ1) is 11.3. The van der Waals surface area contributed by atoms with Gasteiger partial charge in [0.05, 0.1) is 6.26 Å². The Morgan fingerprint density at radius 1 is 1.29 bits per heavy atom. The van der Waals surface area contributed by atoms with E-state index in [4.69, 9.17) is 4.42 Å². The topological polar surface area (TPSA) is 53.7 Å². The molecule has 2 aromatic rings. The number of phenolic OH excluding ortho intramolecular Hbond substituents is 1. The summed E-state index contributed by atoms with van der Waals surface area (Å²) in [4.78, 5) is 13.4. The lowest BCUT2D eigenvalue weighted by Crippen LogP contribution is -2.25. The highest BCUT2D eigenvalue weighted by Crippen LogP contribution is 2.18. The van der Waals surface area contributed by atoms with E-state index >= 15 is 0 Å². The van der Waals surface area contributed by atoms with Crippen molar-refractivity contribution in [1.29, 1.82) is 0 Å². The molecule has 1 aromatic heterocycles. The van der Waals surface area contributed by atoms with Crippen LogP contribution in [0.25, 0.3) is 0 Å². The van der Waals surface area contributed by atoms with Crippen LogP contribution in [0, 0.1) is 0 Å². The number of carbonyl (C=O) groups is 1. The quantitative estimate of drug-likeness (QED) is 0.881. The molecular formula is C13H13NO3. The van der Waals surface area contributed by atoms with Crippen LogP contribution in [0.5, 0.6) is 5.75 Å². The number of para-hydroxylation sites is 1. The normalized spacial score (nSPS) is 10.2. The summed E-state index contributed by atoms with van der Waals surface area (Å²) in [6.45, 7) is 0.339. The van der Waals surface area contributed by atoms with Crippen LogP contribution in [-0.2, 0) is 6.54 Å². The molecule has 0 fully saturated rings. The molecule has 4 heteroatoms. The van der Waals surface area contributed by atoms with Gasteiger partial charge in [-0.05, 0) is 18.2 Å². The molecule has 0 bridgehead atoms. The van der Waals surface area contributed by atoms with Gasteiger partial charge in [-0.25, -0.2) is 0 Å². The largest absolute Gasteiger partial charge is 0.508 e. The van der Waals surface area contributed by atoms with E-state index in [9.17, 15) is 9.90 Å². The minimum atomic E-state index is -0.210. The third-order valence-electron chi connectivity index (χ3n) is 2.48. The highest BCUT2D eigenvalue weighted by Gasteiger charge is 2.15. The van der Waals surface area contributed by atoms with Crippen LogP contribution in [0.1, 0.15) is 16.1 Å². The van der Waals surface area contributed by atoms with E-state index < -0.39 is 0 Å². The monoisotopic (exact) mass is 231 g/mol. The number of aromatic hydroxyl groups is 1. The molecule has 1 heterocycles. The number of amides is 1. The van der Waals surface area contributed by atoms with E-state index in [-0.39, 0.29) is 11.7 Å². The first-order valence-electron chi connectivity index (χ1n) is 5.24. The lowest BCUT2D eigenvalue weighted by molar-refractivity contribution is 0.0752. The van der Waals surface area contributed by atoms with Crippen LogP contribution in [0.15, 0.2) is 47.1 Å². The fourth-order valence-electron chi connectivity index (χ4n) is 1.56. The number of carbonyl (C=O) groups excluding carboxylic acids is 1. The summed E-state index contributed by atoms with van der Waals surface area (Å²) in [6.07, 6.45) is 1.46. The number of nitrogens with zero attached hydrogens (tertiary/aromatic N) is 1. The van der Waals surface area contributed by atoms with Gasteiger partial charge >= 0.3 is 0 Å². The van der Waals surface area contributed by atoms with E-state index in [2.05, 4.69) is 0 Å². The van der Waals surface area contributed by atoms with Crippen molar-refractivity contribution in [3.05, 3.63) is 54.0 Å². The summed E-state index contributed by atoms with van der Waals surface area (Å²) in [5, 5.41) is 9.61. The van der Waals surface area contributed by atoms with Crippen molar-refractivity contribution in [2.24, 2.45) is 0 Å². The standard InChI is InChI=1S/C13H13NO3/c1-14(13(16)12-7-4-8-17-12)9-10-5-2-3-6-11(10)15/h2-8,15H,9H2,1H3. The van der Waals surface area contributed by atoms with Crippen LogP contribution in [0.4, 0.5) is 0 Å². The highest BCUT2D eigenvalue weighted by atomic mass is 16.3. The van der Waals surface area contributed by atoms with E-state index in [0.29, 0.717) is 17.9 Å². The van der Waals surface area contributed by atoms with Crippen molar-refractivity contribution in [2.75, 3.05) is 7.05 Å². The Hall–Kier alpha value is -2.23. The minimum Gasteiger partial charge on any atom is -0.508 e. The molecule has 17 heavy (non-hydrogen) atoms. The van der Waals surface area contributed by atoms with E-state index in [1.807, 2.05) is 6.07 Å². The molecular weight excluding hydrogens is 218 g/mol. The van der Waals surface area contributed by atoms with E-state index in [0.717, 1.165) is 0 Å². The molecule has 0 unspecified atom stereocenters. The second-order valence-electron chi connectivity index (χ2n) is 3.77. The van der Waals surface area contributed by atoms with Gasteiger partial charge in [0, 0.05) is 19.2 Å². The molecule has 1 aromatic carbocycles. The molecule has 4 nitrogen and oxygen atoms in total. The van der Waals surface area contributed by atoms with Gasteiger partial charge in [0.1, 0.15) is 5.75 Å². The lowest BCUT2D eigenvalue weighted by Gasteiger charge is -2.16. The number of hydrogen-bond acceptors (Lipinski definition) is 3. The highest BCUT2D eigenvalue weighted by molar-refractivity contribution is 5.91. The Morgan fingerprint density at radius 2 is 2.06 bits per heavy atom. The summed E-state index contributed by atoms with van der Waals surface area (Å²) >= 11 is 0. The Kier molecular flexibility index (Phi) is 3.14. The zero-order valence-corrected chi connectivity index (χ0v) is 9.46. The lowest BCUT2D eigenvalue weighted by atomic mass is 10.2. The van der Waals surface area contributed by atoms with Crippen molar-refractivity contribution < 1.29 is 14.3 Å². The van der Waals surface area contributed by atoms with E-state index in [1.165, 1.54) is 11.2 Å². The first-order valence-corrected chi connectivity index (χ1v) is 5.24. The number of phenols is 1. The van der Waals surface area contributed by atoms with Crippen LogP contribution in [0.2, 0.25) is 0 Å². The predicted molar refractivity (Wildman–Crippen MR) is 62.6 cm³/mol. The maximum atomic E-state index is 11.9. The molecule has 0 aliphatic carbocycles. The number of hydrogen-bond donors (Lipinski definition) is 1. The van der Waals surface area contributed by atoms with Gasteiger partial charge in [-0.1, -0.05) is 18.2 Å². The minimum absolute atomic E-state index is 0.187. The summed E-state index contributed by atoms with van der Waals surface area (Å²) in [5.74, 6) is 0.271. The first-order chi connectivity index (χ1) is 8.18. The molecule has 0 saturated heterocycles. The molecule has 0 saturated carbocycles. The second kappa shape index (κ2) is 4.74. The van der Waals surface area contributed by atoms with Crippen LogP contribution < -0.4 is 0 Å². The second-order valence-corrected chi connectivity index (χ2v) is 3.77. The summed E-state index contributed by atoms with van der Waals surface area (Å²) in [7, 11) is 1.66. The van der Waals surface area contributed by atoms with Crippen molar-refractivity contribution in [1.82, 2.24) is 4.90 Å². The number of rotatable bonds is 3. The average Bonchev–Trinajstić information content (AvgIpc) is 2.84.